The maximum atomic E-state index is 13.5. The second-order valence-electron chi connectivity index (χ2n) is 10.6. The molecule has 190 valence electrons. The molecule has 0 unspecified atom stereocenters. The van der Waals surface area contributed by atoms with Gasteiger partial charge in [0.25, 0.3) is 0 Å². The highest BCUT2D eigenvalue weighted by Gasteiger charge is 2.53. The zero-order chi connectivity index (χ0) is 25.2. The lowest BCUT2D eigenvalue weighted by molar-refractivity contribution is -0.142. The first kappa shape index (κ1) is 25.2. The highest BCUT2D eigenvalue weighted by Crippen LogP contribution is 2.55. The number of carbonyl (C=O) groups is 2. The fourth-order valence-corrected chi connectivity index (χ4v) is 6.34. The van der Waals surface area contributed by atoms with Crippen LogP contribution in [0, 0.1) is 34.9 Å². The lowest BCUT2D eigenvalue weighted by Gasteiger charge is -2.56. The second-order valence-corrected chi connectivity index (χ2v) is 10.6. The van der Waals surface area contributed by atoms with Gasteiger partial charge in [-0.15, -0.1) is 0 Å². The molecule has 0 radical (unpaired) electrons. The molecule has 7 atom stereocenters. The molecule has 4 rings (SSSR count). The van der Waals surface area contributed by atoms with Crippen molar-refractivity contribution in [2.45, 2.75) is 65.1 Å². The van der Waals surface area contributed by atoms with E-state index in [1.54, 1.807) is 24.5 Å². The molecule has 1 aromatic carbocycles. The maximum absolute atomic E-state index is 13.5. The molecular weight excluding hydrogens is 449 g/mol. The lowest BCUT2D eigenvalue weighted by atomic mass is 9.52. The predicted octanol–water partition coefficient (Wildman–Crippen LogP) is 4.68. The van der Waals surface area contributed by atoms with E-state index < -0.39 is 11.9 Å². The Morgan fingerprint density at radius 3 is 2.71 bits per heavy atom. The van der Waals surface area contributed by atoms with Crippen molar-refractivity contribution in [3.05, 3.63) is 54.2 Å². The third-order valence-electron chi connectivity index (χ3n) is 8.36. The fourth-order valence-electron chi connectivity index (χ4n) is 6.34. The summed E-state index contributed by atoms with van der Waals surface area (Å²) in [5.41, 5.74) is 0.347. The average Bonchev–Trinajstić information content (AvgIpc) is 3.33. The van der Waals surface area contributed by atoms with Gasteiger partial charge in [0.15, 0.2) is 0 Å². The summed E-state index contributed by atoms with van der Waals surface area (Å²) in [6, 6.07) is 8.86. The lowest BCUT2D eigenvalue weighted by Crippen LogP contribution is -2.58. The molecular formula is C27H36FN3O4. The summed E-state index contributed by atoms with van der Waals surface area (Å²) in [6.07, 6.45) is 4.33. The summed E-state index contributed by atoms with van der Waals surface area (Å²) >= 11 is 0. The van der Waals surface area contributed by atoms with E-state index in [2.05, 4.69) is 29.8 Å². The van der Waals surface area contributed by atoms with Crippen molar-refractivity contribution < 1.29 is 23.5 Å². The van der Waals surface area contributed by atoms with Crippen molar-refractivity contribution in [1.29, 1.82) is 0 Å². The highest BCUT2D eigenvalue weighted by atomic mass is 19.1. The fraction of sp³-hybridized carbons (Fsp3) is 0.556. The monoisotopic (exact) mass is 485 g/mol. The SMILES string of the molecule is C[C@@H]1[C@@H]2[C@@H](O)[C@@H]([C@H](C)C(=O)NCc3ccco3)CC[C@]2(C)CC[C@@H]1NC(=O)Nc1cccc(F)c1. The molecule has 3 amide bonds. The van der Waals surface area contributed by atoms with E-state index in [1.807, 2.05) is 13.0 Å². The number of fused-ring (bicyclic) bond motifs is 1. The quantitative estimate of drug-likeness (QED) is 0.477. The molecule has 8 heteroatoms. The van der Waals surface area contributed by atoms with Crippen LogP contribution in [0.25, 0.3) is 0 Å². The number of hydrogen-bond acceptors (Lipinski definition) is 4. The molecule has 2 aliphatic rings. The van der Waals surface area contributed by atoms with Crippen LogP contribution in [0.15, 0.2) is 47.1 Å². The van der Waals surface area contributed by atoms with Gasteiger partial charge in [0.05, 0.1) is 18.9 Å². The smallest absolute Gasteiger partial charge is 0.319 e. The van der Waals surface area contributed by atoms with Crippen molar-refractivity contribution in [2.75, 3.05) is 5.32 Å². The average molecular weight is 486 g/mol. The Kier molecular flexibility index (Phi) is 7.50. The molecule has 0 aliphatic heterocycles. The molecule has 1 aromatic heterocycles. The number of nitrogens with one attached hydrogen (secondary N) is 3. The number of halogens is 1. The summed E-state index contributed by atoms with van der Waals surface area (Å²) in [7, 11) is 0. The number of anilines is 1. The molecule has 0 saturated heterocycles. The number of hydrogen-bond donors (Lipinski definition) is 4. The molecule has 2 fully saturated rings. The van der Waals surface area contributed by atoms with Crippen LogP contribution in [0.1, 0.15) is 52.2 Å². The number of furan rings is 1. The maximum Gasteiger partial charge on any atom is 0.319 e. The van der Waals surface area contributed by atoms with Crippen LogP contribution in [0.5, 0.6) is 0 Å². The summed E-state index contributed by atoms with van der Waals surface area (Å²) < 4.78 is 18.7. The number of rotatable bonds is 6. The Morgan fingerprint density at radius 1 is 1.23 bits per heavy atom. The van der Waals surface area contributed by atoms with Gasteiger partial charge in [-0.2, -0.15) is 0 Å². The van der Waals surface area contributed by atoms with E-state index in [4.69, 9.17) is 4.42 Å². The van der Waals surface area contributed by atoms with Gasteiger partial charge < -0.3 is 25.5 Å². The molecule has 2 aliphatic carbocycles. The first-order valence-corrected chi connectivity index (χ1v) is 12.5. The number of aliphatic hydroxyl groups excluding tert-OH is 1. The molecule has 2 aromatic rings. The minimum atomic E-state index is -0.649. The van der Waals surface area contributed by atoms with Crippen LogP contribution in [0.2, 0.25) is 0 Å². The summed E-state index contributed by atoms with van der Waals surface area (Å²) in [4.78, 5) is 25.5. The van der Waals surface area contributed by atoms with Crippen LogP contribution < -0.4 is 16.0 Å². The van der Waals surface area contributed by atoms with Gasteiger partial charge in [0.1, 0.15) is 11.6 Å². The van der Waals surface area contributed by atoms with Crippen molar-refractivity contribution in [1.82, 2.24) is 10.6 Å². The van der Waals surface area contributed by atoms with Crippen LogP contribution in [-0.2, 0) is 11.3 Å². The van der Waals surface area contributed by atoms with E-state index >= 15 is 0 Å². The molecule has 1 heterocycles. The van der Waals surface area contributed by atoms with E-state index in [-0.39, 0.29) is 47.1 Å². The first-order chi connectivity index (χ1) is 16.7. The highest BCUT2D eigenvalue weighted by molar-refractivity contribution is 5.89. The van der Waals surface area contributed by atoms with Gasteiger partial charge in [-0.1, -0.05) is 26.8 Å². The number of amides is 3. The number of carbonyl (C=O) groups excluding carboxylic acids is 2. The van der Waals surface area contributed by atoms with Crippen molar-refractivity contribution in [3.63, 3.8) is 0 Å². The normalized spacial score (nSPS) is 31.2. The predicted molar refractivity (Wildman–Crippen MR) is 131 cm³/mol. The van der Waals surface area contributed by atoms with Crippen LogP contribution >= 0.6 is 0 Å². The Morgan fingerprint density at radius 2 is 2.00 bits per heavy atom. The molecule has 35 heavy (non-hydrogen) atoms. The van der Waals surface area contributed by atoms with Gasteiger partial charge in [-0.05, 0) is 79.2 Å². The Bertz CT molecular complexity index is 1030. The molecule has 7 nitrogen and oxygen atoms in total. The Hall–Kier alpha value is -2.87. The minimum Gasteiger partial charge on any atom is -0.467 e. The zero-order valence-electron chi connectivity index (χ0n) is 20.6. The summed E-state index contributed by atoms with van der Waals surface area (Å²) in [5, 5.41) is 20.2. The van der Waals surface area contributed by atoms with Crippen molar-refractivity contribution in [2.24, 2.45) is 29.1 Å². The molecule has 0 bridgehead atoms. The zero-order valence-corrected chi connectivity index (χ0v) is 20.6. The van der Waals surface area contributed by atoms with E-state index in [0.29, 0.717) is 18.0 Å². The van der Waals surface area contributed by atoms with Gasteiger partial charge in [-0.3, -0.25) is 4.79 Å². The van der Waals surface area contributed by atoms with Crippen LogP contribution in [-0.4, -0.2) is 29.2 Å². The van der Waals surface area contributed by atoms with E-state index in [1.165, 1.54) is 12.1 Å². The van der Waals surface area contributed by atoms with E-state index in [9.17, 15) is 19.1 Å². The molecule has 4 N–H and O–H groups in total. The standard InChI is InChI=1S/C27H36FN3O4/c1-16(25(33)29-15-20-8-5-13-35-20)21-9-11-27(3)12-10-22(17(2)23(27)24(21)32)31-26(34)30-19-7-4-6-18(28)14-19/h4-8,13-14,16-17,21-24,32H,9-12,15H2,1-3H3,(H,29,33)(H2,30,31,34)/t16-,17-,21+,22-,23+,24-,27+/m0/s1. The van der Waals surface area contributed by atoms with Crippen molar-refractivity contribution in [3.8, 4) is 0 Å². The third-order valence-corrected chi connectivity index (χ3v) is 8.36. The number of urea groups is 1. The summed E-state index contributed by atoms with van der Waals surface area (Å²) in [5.74, 6) is -0.357. The Balaban J connectivity index is 1.39. The van der Waals surface area contributed by atoms with E-state index in [0.717, 1.165) is 25.7 Å². The summed E-state index contributed by atoms with van der Waals surface area (Å²) in [6.45, 7) is 6.49. The van der Waals surface area contributed by atoms with Crippen molar-refractivity contribution >= 4 is 17.6 Å². The Labute approximate surface area is 205 Å². The van der Waals surface area contributed by atoms with Crippen LogP contribution in [0.4, 0.5) is 14.9 Å². The molecule has 2 saturated carbocycles. The number of benzene rings is 1. The van der Waals surface area contributed by atoms with Gasteiger partial charge in [0.2, 0.25) is 5.91 Å². The van der Waals surface area contributed by atoms with Gasteiger partial charge in [-0.25, -0.2) is 9.18 Å². The second kappa shape index (κ2) is 10.4. The third kappa shape index (κ3) is 5.53. The van der Waals surface area contributed by atoms with Gasteiger partial charge >= 0.3 is 6.03 Å². The number of aliphatic hydroxyl groups is 1. The minimum absolute atomic E-state index is 0.0168. The van der Waals surface area contributed by atoms with Crippen LogP contribution in [0.3, 0.4) is 0 Å². The molecule has 0 spiro atoms. The topological polar surface area (TPSA) is 104 Å². The first-order valence-electron chi connectivity index (χ1n) is 12.5. The largest absolute Gasteiger partial charge is 0.467 e. The van der Waals surface area contributed by atoms with Gasteiger partial charge in [0, 0.05) is 17.6 Å².